The maximum absolute atomic E-state index is 13.0. The number of morpholine rings is 1. The van der Waals surface area contributed by atoms with Crippen LogP contribution < -0.4 is 0 Å². The Balaban J connectivity index is 1.86. The predicted molar refractivity (Wildman–Crippen MR) is 104 cm³/mol. The van der Waals surface area contributed by atoms with Gasteiger partial charge in [0.2, 0.25) is 5.91 Å². The number of piperazine rings is 1. The third-order valence-electron chi connectivity index (χ3n) is 5.07. The summed E-state index contributed by atoms with van der Waals surface area (Å²) in [5.74, 6) is 0.142. The summed E-state index contributed by atoms with van der Waals surface area (Å²) < 4.78 is 26.5. The van der Waals surface area contributed by atoms with Gasteiger partial charge in [0.15, 0.2) is 0 Å². The molecule has 7 nitrogen and oxygen atoms in total. The molecule has 3 unspecified atom stereocenters. The minimum absolute atomic E-state index is 0.00228. The Hall–Kier alpha value is -0.395. The van der Waals surface area contributed by atoms with Gasteiger partial charge in [0, 0.05) is 63.9 Å². The van der Waals surface area contributed by atoms with Gasteiger partial charge in [-0.1, -0.05) is 6.92 Å². The van der Waals surface area contributed by atoms with Crippen molar-refractivity contribution in [1.29, 1.82) is 0 Å². The Labute approximate surface area is 159 Å². The molecule has 1 amide bonds. The minimum Gasteiger partial charge on any atom is -0.380 e. The summed E-state index contributed by atoms with van der Waals surface area (Å²) in [7, 11) is 3.09. The highest BCUT2D eigenvalue weighted by atomic mass is 31.2. The summed E-state index contributed by atoms with van der Waals surface area (Å²) in [5.41, 5.74) is -0.00228. The Morgan fingerprint density at radius 3 is 2.38 bits per heavy atom. The number of ether oxygens (including phenoxy) is 1. The van der Waals surface area contributed by atoms with Gasteiger partial charge in [-0.2, -0.15) is 0 Å². The van der Waals surface area contributed by atoms with E-state index in [1.807, 2.05) is 16.5 Å². The molecule has 0 N–H and O–H groups in total. The van der Waals surface area contributed by atoms with Crippen LogP contribution in [0.2, 0.25) is 0 Å². The molecule has 2 heterocycles. The minimum atomic E-state index is -2.92. The topological polar surface area (TPSA) is 62.3 Å². The van der Waals surface area contributed by atoms with Crippen molar-refractivity contribution in [2.45, 2.75) is 51.8 Å². The first-order valence-corrected chi connectivity index (χ1v) is 11.5. The normalized spacial score (nSPS) is 28.7. The standard InChI is InChI=1S/C17H33BN3O4P/c1-6-16(22)19-7-9-21(10-8-19)26(5,23)24-13-14-11-20(17(2,3)4)12-15(18)25-14/h14-15H,6-13H2,1-5H3. The second kappa shape index (κ2) is 8.74. The van der Waals surface area contributed by atoms with Crippen LogP contribution in [-0.4, -0.2) is 98.4 Å². The van der Waals surface area contributed by atoms with E-state index in [9.17, 15) is 9.36 Å². The van der Waals surface area contributed by atoms with Crippen molar-refractivity contribution < 1.29 is 18.6 Å². The molecule has 0 bridgehead atoms. The van der Waals surface area contributed by atoms with Gasteiger partial charge in [-0.15, -0.1) is 0 Å². The quantitative estimate of drug-likeness (QED) is 0.526. The van der Waals surface area contributed by atoms with Crippen molar-refractivity contribution in [3.05, 3.63) is 0 Å². The lowest BCUT2D eigenvalue weighted by Gasteiger charge is -2.44. The zero-order valence-corrected chi connectivity index (χ0v) is 17.7. The Bertz CT molecular complexity index is 535. The SMILES string of the molecule is [B]C1CN(C(C)(C)C)CC(COP(C)(=O)N2CCN(C(=O)CC)CC2)O1. The molecule has 3 atom stereocenters. The molecule has 2 aliphatic rings. The van der Waals surface area contributed by atoms with Gasteiger partial charge < -0.3 is 14.2 Å². The largest absolute Gasteiger partial charge is 0.380 e. The molecule has 0 aromatic rings. The van der Waals surface area contributed by atoms with Gasteiger partial charge in [0.1, 0.15) is 7.85 Å². The monoisotopic (exact) mass is 385 g/mol. The molecule has 2 fully saturated rings. The molecular formula is C17H33BN3O4P. The lowest BCUT2D eigenvalue weighted by atomic mass is 9.94. The van der Waals surface area contributed by atoms with Crippen molar-refractivity contribution in [3.63, 3.8) is 0 Å². The van der Waals surface area contributed by atoms with E-state index in [1.165, 1.54) is 0 Å². The molecule has 0 aromatic heterocycles. The highest BCUT2D eigenvalue weighted by Gasteiger charge is 2.35. The maximum Gasteiger partial charge on any atom is 0.269 e. The lowest BCUT2D eigenvalue weighted by molar-refractivity contribution is -0.132. The fourth-order valence-corrected chi connectivity index (χ4v) is 4.86. The van der Waals surface area contributed by atoms with Gasteiger partial charge in [-0.25, -0.2) is 4.67 Å². The van der Waals surface area contributed by atoms with Crippen LogP contribution in [0.4, 0.5) is 0 Å². The van der Waals surface area contributed by atoms with E-state index >= 15 is 0 Å². The molecule has 0 saturated carbocycles. The fraction of sp³-hybridized carbons (Fsp3) is 0.941. The first kappa shape index (κ1) is 21.9. The molecule has 0 spiro atoms. The third-order valence-corrected chi connectivity index (χ3v) is 7.12. The number of carbonyl (C=O) groups excluding carboxylic acids is 1. The van der Waals surface area contributed by atoms with Crippen LogP contribution in [0.1, 0.15) is 34.1 Å². The predicted octanol–water partition coefficient (Wildman–Crippen LogP) is 1.37. The summed E-state index contributed by atoms with van der Waals surface area (Å²) >= 11 is 0. The highest BCUT2D eigenvalue weighted by Crippen LogP contribution is 2.47. The van der Waals surface area contributed by atoms with Crippen LogP contribution in [0.5, 0.6) is 0 Å². The molecule has 26 heavy (non-hydrogen) atoms. The summed E-state index contributed by atoms with van der Waals surface area (Å²) in [6.45, 7) is 13.9. The summed E-state index contributed by atoms with van der Waals surface area (Å²) in [5, 5.41) is 0. The number of amides is 1. The molecule has 2 saturated heterocycles. The lowest BCUT2D eigenvalue weighted by Crippen LogP contribution is -2.56. The number of nitrogens with zero attached hydrogens (tertiary/aromatic N) is 3. The third kappa shape index (κ3) is 5.80. The van der Waals surface area contributed by atoms with E-state index in [1.54, 1.807) is 6.66 Å². The van der Waals surface area contributed by atoms with E-state index < -0.39 is 7.52 Å². The molecule has 9 heteroatoms. The molecular weight excluding hydrogens is 352 g/mol. The van der Waals surface area contributed by atoms with Gasteiger partial charge in [-0.05, 0) is 20.8 Å². The van der Waals surface area contributed by atoms with Crippen LogP contribution in [-0.2, 0) is 18.6 Å². The van der Waals surface area contributed by atoms with E-state index in [0.717, 1.165) is 0 Å². The van der Waals surface area contributed by atoms with Crippen molar-refractivity contribution in [1.82, 2.24) is 14.5 Å². The van der Waals surface area contributed by atoms with E-state index in [0.29, 0.717) is 45.7 Å². The first-order valence-electron chi connectivity index (χ1n) is 9.44. The van der Waals surface area contributed by atoms with Gasteiger partial charge in [-0.3, -0.25) is 14.3 Å². The van der Waals surface area contributed by atoms with Gasteiger partial charge in [0.25, 0.3) is 7.52 Å². The smallest absolute Gasteiger partial charge is 0.269 e. The summed E-state index contributed by atoms with van der Waals surface area (Å²) in [6, 6.07) is -0.364. The zero-order valence-electron chi connectivity index (χ0n) is 16.8. The van der Waals surface area contributed by atoms with E-state index in [-0.39, 0.29) is 30.2 Å². The fourth-order valence-electron chi connectivity index (χ4n) is 3.35. The average molecular weight is 385 g/mol. The van der Waals surface area contributed by atoms with Crippen LogP contribution >= 0.6 is 7.52 Å². The molecule has 148 valence electrons. The number of rotatable bonds is 5. The van der Waals surface area contributed by atoms with E-state index in [4.69, 9.17) is 17.1 Å². The van der Waals surface area contributed by atoms with Crippen molar-refractivity contribution in [2.24, 2.45) is 0 Å². The maximum atomic E-state index is 13.0. The number of hydrogen-bond acceptors (Lipinski definition) is 5. The zero-order chi connectivity index (χ0) is 19.5. The van der Waals surface area contributed by atoms with Gasteiger partial charge >= 0.3 is 0 Å². The van der Waals surface area contributed by atoms with Crippen LogP contribution in [0.25, 0.3) is 0 Å². The Morgan fingerprint density at radius 2 is 1.85 bits per heavy atom. The second-order valence-corrected chi connectivity index (χ2v) is 10.6. The molecule has 2 aliphatic heterocycles. The van der Waals surface area contributed by atoms with Crippen molar-refractivity contribution >= 4 is 21.3 Å². The van der Waals surface area contributed by atoms with E-state index in [2.05, 4.69) is 25.7 Å². The average Bonchev–Trinajstić information content (AvgIpc) is 2.58. The highest BCUT2D eigenvalue weighted by molar-refractivity contribution is 7.55. The van der Waals surface area contributed by atoms with Crippen LogP contribution in [0, 0.1) is 0 Å². The molecule has 2 rings (SSSR count). The summed E-state index contributed by atoms with van der Waals surface area (Å²) in [6.07, 6.45) is 0.304. The van der Waals surface area contributed by atoms with Gasteiger partial charge in [0.05, 0.1) is 12.7 Å². The molecule has 2 radical (unpaired) electrons. The number of carbonyl (C=O) groups is 1. The summed E-state index contributed by atoms with van der Waals surface area (Å²) in [4.78, 5) is 15.9. The molecule has 0 aromatic carbocycles. The van der Waals surface area contributed by atoms with Crippen LogP contribution in [0.3, 0.4) is 0 Å². The van der Waals surface area contributed by atoms with Crippen molar-refractivity contribution in [2.75, 3.05) is 52.5 Å². The first-order chi connectivity index (χ1) is 12.0. The molecule has 0 aliphatic carbocycles. The number of hydrogen-bond donors (Lipinski definition) is 0. The van der Waals surface area contributed by atoms with Crippen molar-refractivity contribution in [3.8, 4) is 0 Å². The Kier molecular flexibility index (Phi) is 7.36. The Morgan fingerprint density at radius 1 is 1.23 bits per heavy atom. The second-order valence-electron chi connectivity index (χ2n) is 8.16. The van der Waals surface area contributed by atoms with Crippen LogP contribution in [0.15, 0.2) is 0 Å².